The normalized spacial score (nSPS) is 43.0. The number of aliphatic hydroxyl groups excluding tert-OH is 4. The number of rotatable bonds is 15. The van der Waals surface area contributed by atoms with Crippen molar-refractivity contribution < 1.29 is 77.8 Å². The molecule has 0 radical (unpaired) electrons. The second-order valence-electron chi connectivity index (χ2n) is 20.3. The van der Waals surface area contributed by atoms with Crippen LogP contribution < -0.4 is 0 Å². The first-order valence-electron chi connectivity index (χ1n) is 24.9. The molecule has 398 valence electrons. The van der Waals surface area contributed by atoms with Crippen LogP contribution in [0.15, 0.2) is 59.0 Å². The Balaban J connectivity index is 1.45. The standard InChI is InChI=1S/C52H83NO16S/c1-13-39-35(27-63-51-48(62-12)47(61-11)43(57)31(5)65-51)23-28(2)19-20-37(54)29(3)24-34(21-22-70-36-17-15-14-16-18-36)45(30(4)38(55)25-40(56)67-39)69-50-44(58)42(53(9)10)46(32(6)66-50)68-41-26-52(8,60)49(59)33(7)64-41/h14-20,23,29-35,38-39,41-51,55,57-60H,13,21-22,24-27H2,1-12H3/b20-19+,28-23+/t29-,30+,31-,32-,33+,34+,35-,38-,39-,41+,42-,43-,44-,45-,46-,47-,48-,49+,50+,51-,52-/m1/s1. The highest BCUT2D eigenvalue weighted by molar-refractivity contribution is 7.99. The fourth-order valence-electron chi connectivity index (χ4n) is 10.3. The quantitative estimate of drug-likeness (QED) is 0.121. The molecule has 3 fully saturated rings. The number of esters is 1. The second kappa shape index (κ2) is 26.7. The molecule has 0 bridgehead atoms. The number of ether oxygens (including phenoxy) is 9. The van der Waals surface area contributed by atoms with Gasteiger partial charge in [0, 0.05) is 43.3 Å². The minimum absolute atomic E-state index is 0.0134. The highest BCUT2D eigenvalue weighted by atomic mass is 32.2. The lowest BCUT2D eigenvalue weighted by Crippen LogP contribution is -2.65. The summed E-state index contributed by atoms with van der Waals surface area (Å²) in [5, 5.41) is 56.6. The number of allylic oxidation sites excluding steroid dienone is 3. The molecule has 5 N–H and O–H groups in total. The van der Waals surface area contributed by atoms with E-state index in [-0.39, 0.29) is 31.1 Å². The Morgan fingerprint density at radius 1 is 0.829 bits per heavy atom. The third-order valence-electron chi connectivity index (χ3n) is 14.5. The summed E-state index contributed by atoms with van der Waals surface area (Å²) in [4.78, 5) is 31.0. The highest BCUT2D eigenvalue weighted by Gasteiger charge is 2.52. The molecule has 0 unspecified atom stereocenters. The smallest absolute Gasteiger partial charge is 0.308 e. The van der Waals surface area contributed by atoms with E-state index in [9.17, 15) is 35.1 Å². The van der Waals surface area contributed by atoms with Crippen molar-refractivity contribution in [3.05, 3.63) is 54.1 Å². The van der Waals surface area contributed by atoms with Crippen molar-refractivity contribution in [2.45, 2.75) is 196 Å². The van der Waals surface area contributed by atoms with Crippen molar-refractivity contribution in [2.75, 3.05) is 40.7 Å². The SMILES string of the molecule is CC[C@H]1OC(=O)C[C@@H](O)[C@H](C)[C@@H](O[C@@H]2O[C@H](C)[C@@H](O[C@H]3C[C@@](C)(O)[C@@H](O)[C@H](C)O3)[C@H](N(C)C)[C@H]2O)[C@@H](CCSc2ccccc2)C[C@@H](C)C(=O)/C=C/C(C)=C/[C@@H]1CO[C@@H]1O[C@H](C)[C@@H](O)[C@@H](OC)[C@H]1OC. The van der Waals surface area contributed by atoms with E-state index in [0.717, 1.165) is 10.5 Å². The number of carbonyl (C=O) groups excluding carboxylic acids is 2. The number of hydrogen-bond acceptors (Lipinski definition) is 18. The molecule has 4 aliphatic rings. The third-order valence-corrected chi connectivity index (χ3v) is 15.6. The number of nitrogens with zero attached hydrogens (tertiary/aromatic N) is 1. The summed E-state index contributed by atoms with van der Waals surface area (Å²) >= 11 is 1.66. The first-order valence-corrected chi connectivity index (χ1v) is 25.9. The predicted octanol–water partition coefficient (Wildman–Crippen LogP) is 4.43. The van der Waals surface area contributed by atoms with Crippen molar-refractivity contribution in [3.8, 4) is 0 Å². The van der Waals surface area contributed by atoms with Crippen LogP contribution in [0, 0.1) is 23.7 Å². The van der Waals surface area contributed by atoms with Gasteiger partial charge in [-0.05, 0) is 97.9 Å². The summed E-state index contributed by atoms with van der Waals surface area (Å²) in [6.45, 7) is 14.1. The van der Waals surface area contributed by atoms with Crippen LogP contribution in [0.1, 0.15) is 87.5 Å². The predicted molar refractivity (Wildman–Crippen MR) is 261 cm³/mol. The zero-order valence-corrected chi connectivity index (χ0v) is 44.0. The van der Waals surface area contributed by atoms with E-state index in [1.54, 1.807) is 65.7 Å². The molecule has 1 aromatic carbocycles. The lowest BCUT2D eigenvalue weighted by atomic mass is 9.79. The topological polar surface area (TPSA) is 222 Å². The van der Waals surface area contributed by atoms with E-state index < -0.39 is 127 Å². The number of likely N-dealkylation sites (N-methyl/N-ethyl adjacent to an activating group) is 1. The Kier molecular flexibility index (Phi) is 22.3. The molecule has 1 aromatic rings. The molecular formula is C52H83NO16S. The molecule has 5 rings (SSSR count). The van der Waals surface area contributed by atoms with Crippen LogP contribution in [0.2, 0.25) is 0 Å². The maximum atomic E-state index is 14.1. The Morgan fingerprint density at radius 3 is 2.13 bits per heavy atom. The average Bonchev–Trinajstić information content (AvgIpc) is 3.31. The van der Waals surface area contributed by atoms with Gasteiger partial charge in [-0.15, -0.1) is 11.8 Å². The van der Waals surface area contributed by atoms with Crippen LogP contribution >= 0.6 is 11.8 Å². The number of carbonyl (C=O) groups is 2. The van der Waals surface area contributed by atoms with Crippen molar-refractivity contribution in [1.29, 1.82) is 0 Å². The lowest BCUT2D eigenvalue weighted by Gasteiger charge is -2.50. The van der Waals surface area contributed by atoms with Gasteiger partial charge in [0.2, 0.25) is 0 Å². The van der Waals surface area contributed by atoms with Crippen LogP contribution in [0.4, 0.5) is 0 Å². The summed E-state index contributed by atoms with van der Waals surface area (Å²) in [6.07, 6.45) is -7.47. The van der Waals surface area contributed by atoms with Crippen LogP contribution in [-0.4, -0.2) is 187 Å². The van der Waals surface area contributed by atoms with Gasteiger partial charge >= 0.3 is 5.97 Å². The summed E-state index contributed by atoms with van der Waals surface area (Å²) in [5.41, 5.74) is -0.744. The summed E-state index contributed by atoms with van der Waals surface area (Å²) in [5.74, 6) is -2.25. The van der Waals surface area contributed by atoms with E-state index >= 15 is 0 Å². The maximum absolute atomic E-state index is 14.1. The molecule has 0 aromatic heterocycles. The van der Waals surface area contributed by atoms with Crippen LogP contribution in [0.3, 0.4) is 0 Å². The summed E-state index contributed by atoms with van der Waals surface area (Å²) in [6, 6.07) is 9.25. The van der Waals surface area contributed by atoms with Gasteiger partial charge in [0.15, 0.2) is 24.7 Å². The molecule has 0 spiro atoms. The number of cyclic esters (lactones) is 1. The fraction of sp³-hybridized carbons (Fsp3) is 0.769. The Hall–Kier alpha value is -2.37. The average molecular weight is 1010 g/mol. The number of hydrogen-bond donors (Lipinski definition) is 5. The van der Waals surface area contributed by atoms with Crippen molar-refractivity contribution >= 4 is 23.5 Å². The van der Waals surface area contributed by atoms with E-state index in [1.165, 1.54) is 21.1 Å². The Labute approximate surface area is 419 Å². The number of thioether (sulfide) groups is 1. The Bertz CT molecular complexity index is 1840. The monoisotopic (exact) mass is 1010 g/mol. The van der Waals surface area contributed by atoms with E-state index in [0.29, 0.717) is 25.0 Å². The first-order chi connectivity index (χ1) is 33.1. The molecule has 70 heavy (non-hydrogen) atoms. The van der Waals surface area contributed by atoms with Crippen molar-refractivity contribution in [2.24, 2.45) is 23.7 Å². The van der Waals surface area contributed by atoms with Gasteiger partial charge in [0.1, 0.15) is 42.7 Å². The van der Waals surface area contributed by atoms with Gasteiger partial charge in [0.05, 0.1) is 55.2 Å². The molecule has 0 amide bonds. The minimum atomic E-state index is -1.48. The molecular weight excluding hydrogens is 927 g/mol. The maximum Gasteiger partial charge on any atom is 0.308 e. The van der Waals surface area contributed by atoms with Crippen LogP contribution in [0.25, 0.3) is 0 Å². The van der Waals surface area contributed by atoms with Crippen molar-refractivity contribution in [1.82, 2.24) is 4.90 Å². The van der Waals surface area contributed by atoms with Gasteiger partial charge in [-0.1, -0.05) is 56.7 Å². The van der Waals surface area contributed by atoms with Crippen molar-refractivity contribution in [3.63, 3.8) is 0 Å². The van der Waals surface area contributed by atoms with Gasteiger partial charge in [-0.2, -0.15) is 0 Å². The summed E-state index contributed by atoms with van der Waals surface area (Å²) in [7, 11) is 6.57. The van der Waals surface area contributed by atoms with Gasteiger partial charge in [-0.25, -0.2) is 0 Å². The fourth-order valence-corrected chi connectivity index (χ4v) is 11.3. The first kappa shape index (κ1) is 58.5. The minimum Gasteiger partial charge on any atom is -0.462 e. The van der Waals surface area contributed by atoms with Gasteiger partial charge in [-0.3, -0.25) is 9.59 Å². The number of methoxy groups -OCH3 is 2. The summed E-state index contributed by atoms with van der Waals surface area (Å²) < 4.78 is 55.6. The molecule has 4 aliphatic heterocycles. The zero-order chi connectivity index (χ0) is 51.6. The molecule has 17 nitrogen and oxygen atoms in total. The molecule has 0 saturated carbocycles. The van der Waals surface area contributed by atoms with Crippen LogP contribution in [-0.2, 0) is 52.2 Å². The number of aliphatic hydroxyl groups is 5. The largest absolute Gasteiger partial charge is 0.462 e. The number of ketones is 1. The second-order valence-corrected chi connectivity index (χ2v) is 21.5. The third kappa shape index (κ3) is 15.1. The molecule has 4 heterocycles. The molecule has 3 saturated heterocycles. The molecule has 0 aliphatic carbocycles. The lowest BCUT2D eigenvalue weighted by molar-refractivity contribution is -0.342. The Morgan fingerprint density at radius 2 is 1.50 bits per heavy atom. The molecule has 18 heteroatoms. The molecule has 21 atom stereocenters. The number of benzene rings is 1. The highest BCUT2D eigenvalue weighted by Crippen LogP contribution is 2.38. The zero-order valence-electron chi connectivity index (χ0n) is 43.2. The van der Waals surface area contributed by atoms with Gasteiger partial charge in [0.25, 0.3) is 0 Å². The van der Waals surface area contributed by atoms with E-state index in [1.807, 2.05) is 62.1 Å². The van der Waals surface area contributed by atoms with Crippen LogP contribution in [0.5, 0.6) is 0 Å². The van der Waals surface area contributed by atoms with E-state index in [4.69, 9.17) is 42.6 Å². The van der Waals surface area contributed by atoms with E-state index in [2.05, 4.69) is 0 Å². The van der Waals surface area contributed by atoms with Gasteiger partial charge < -0.3 is 73.1 Å².